The van der Waals surface area contributed by atoms with Gasteiger partial charge in [0.05, 0.1) is 6.61 Å². The smallest absolute Gasteiger partial charge is 0.122 e. The first-order chi connectivity index (χ1) is 7.38. The predicted octanol–water partition coefficient (Wildman–Crippen LogP) is 4.63. The van der Waals surface area contributed by atoms with Crippen LogP contribution in [0.25, 0.3) is 0 Å². The molecule has 0 N–H and O–H groups in total. The van der Waals surface area contributed by atoms with Gasteiger partial charge in [-0.3, -0.25) is 0 Å². The summed E-state index contributed by atoms with van der Waals surface area (Å²) in [4.78, 5) is 0. The highest BCUT2D eigenvalue weighted by atomic mass is 16.5. The molecular weight excluding hydrogens is 184 g/mol. The summed E-state index contributed by atoms with van der Waals surface area (Å²) in [6.07, 6.45) is 1.15. The van der Waals surface area contributed by atoms with Gasteiger partial charge in [0.25, 0.3) is 0 Å². The number of para-hydroxylation sites is 1. The van der Waals surface area contributed by atoms with Crippen molar-refractivity contribution >= 4 is 0 Å². The van der Waals surface area contributed by atoms with Gasteiger partial charge in [0.2, 0.25) is 0 Å². The molecule has 0 saturated carbocycles. The van der Waals surface area contributed by atoms with Crippen molar-refractivity contribution in [1.82, 2.24) is 0 Å². The van der Waals surface area contributed by atoms with Crippen LogP contribution in [0.1, 0.15) is 52.5 Å². The minimum absolute atomic E-state index is 0.667. The van der Waals surface area contributed by atoms with Crippen molar-refractivity contribution in [3.63, 3.8) is 0 Å². The van der Waals surface area contributed by atoms with Crippen LogP contribution in [0, 0.1) is 0 Å². The van der Waals surface area contributed by atoms with E-state index in [0.717, 1.165) is 18.8 Å². The Hall–Kier alpha value is -0.980. The highest BCUT2D eigenvalue weighted by Crippen LogP contribution is 2.32. The SMILES string of the molecule is CC.CC.CC1CCOc2ccccc21. The number of ether oxygens (including phenoxy) is 1. The average molecular weight is 208 g/mol. The van der Waals surface area contributed by atoms with Gasteiger partial charge in [-0.25, -0.2) is 0 Å². The van der Waals surface area contributed by atoms with Crippen LogP contribution < -0.4 is 4.74 Å². The summed E-state index contributed by atoms with van der Waals surface area (Å²) >= 11 is 0. The maximum Gasteiger partial charge on any atom is 0.122 e. The lowest BCUT2D eigenvalue weighted by Crippen LogP contribution is -2.11. The number of benzene rings is 1. The van der Waals surface area contributed by atoms with Crippen LogP contribution >= 0.6 is 0 Å². The van der Waals surface area contributed by atoms with E-state index < -0.39 is 0 Å². The van der Waals surface area contributed by atoms with Crippen LogP contribution in [-0.4, -0.2) is 6.61 Å². The minimum atomic E-state index is 0.667. The van der Waals surface area contributed by atoms with Gasteiger partial charge >= 0.3 is 0 Å². The van der Waals surface area contributed by atoms with E-state index in [4.69, 9.17) is 4.74 Å². The Morgan fingerprint density at radius 2 is 1.67 bits per heavy atom. The van der Waals surface area contributed by atoms with Crippen molar-refractivity contribution in [2.24, 2.45) is 0 Å². The monoisotopic (exact) mass is 208 g/mol. The topological polar surface area (TPSA) is 9.23 Å². The van der Waals surface area contributed by atoms with E-state index >= 15 is 0 Å². The second kappa shape index (κ2) is 8.34. The molecule has 1 aliphatic rings. The van der Waals surface area contributed by atoms with Crippen molar-refractivity contribution in [3.05, 3.63) is 29.8 Å². The quantitative estimate of drug-likeness (QED) is 0.604. The predicted molar refractivity (Wildman–Crippen MR) is 67.7 cm³/mol. The zero-order valence-corrected chi connectivity index (χ0v) is 10.7. The Morgan fingerprint density at radius 1 is 1.07 bits per heavy atom. The molecule has 86 valence electrons. The molecule has 0 fully saturated rings. The molecule has 1 aromatic rings. The first kappa shape index (κ1) is 14.0. The largest absolute Gasteiger partial charge is 0.493 e. The fourth-order valence-corrected chi connectivity index (χ4v) is 1.52. The third kappa shape index (κ3) is 3.94. The van der Waals surface area contributed by atoms with Crippen molar-refractivity contribution < 1.29 is 4.74 Å². The molecule has 1 unspecified atom stereocenters. The summed E-state index contributed by atoms with van der Waals surface area (Å²) in [5, 5.41) is 0. The molecule has 0 bridgehead atoms. The first-order valence-corrected chi connectivity index (χ1v) is 6.09. The van der Waals surface area contributed by atoms with Crippen LogP contribution in [-0.2, 0) is 0 Å². The molecule has 0 radical (unpaired) electrons. The van der Waals surface area contributed by atoms with E-state index in [2.05, 4.69) is 19.1 Å². The third-order valence-corrected chi connectivity index (χ3v) is 2.26. The van der Waals surface area contributed by atoms with E-state index in [1.807, 2.05) is 39.8 Å². The van der Waals surface area contributed by atoms with Gasteiger partial charge in [0, 0.05) is 0 Å². The van der Waals surface area contributed by atoms with E-state index in [0.29, 0.717) is 5.92 Å². The van der Waals surface area contributed by atoms with E-state index in [1.165, 1.54) is 5.56 Å². The average Bonchev–Trinajstić information content (AvgIpc) is 2.35. The summed E-state index contributed by atoms with van der Waals surface area (Å²) in [6.45, 7) is 11.1. The lowest BCUT2D eigenvalue weighted by molar-refractivity contribution is 0.272. The number of rotatable bonds is 0. The molecule has 1 heteroatoms. The molecule has 15 heavy (non-hydrogen) atoms. The molecule has 1 heterocycles. The summed E-state index contributed by atoms with van der Waals surface area (Å²) < 4.78 is 5.49. The molecule has 0 saturated heterocycles. The van der Waals surface area contributed by atoms with E-state index in [9.17, 15) is 0 Å². The normalized spacial score (nSPS) is 17.0. The lowest BCUT2D eigenvalue weighted by Gasteiger charge is -2.22. The van der Waals surface area contributed by atoms with Crippen LogP contribution in [0.3, 0.4) is 0 Å². The van der Waals surface area contributed by atoms with Gasteiger partial charge in [-0.2, -0.15) is 0 Å². The van der Waals surface area contributed by atoms with Crippen molar-refractivity contribution in [3.8, 4) is 5.75 Å². The maximum atomic E-state index is 5.49. The highest BCUT2D eigenvalue weighted by Gasteiger charge is 2.15. The number of hydrogen-bond acceptors (Lipinski definition) is 1. The Balaban J connectivity index is 0.000000442. The Bertz CT molecular complexity index is 255. The number of hydrogen-bond donors (Lipinski definition) is 0. The van der Waals surface area contributed by atoms with Crippen LogP contribution in [0.2, 0.25) is 0 Å². The first-order valence-electron chi connectivity index (χ1n) is 6.09. The minimum Gasteiger partial charge on any atom is -0.493 e. The van der Waals surface area contributed by atoms with Crippen LogP contribution in [0.5, 0.6) is 5.75 Å². The van der Waals surface area contributed by atoms with Gasteiger partial charge in [-0.1, -0.05) is 52.8 Å². The zero-order valence-electron chi connectivity index (χ0n) is 10.7. The van der Waals surface area contributed by atoms with Gasteiger partial charge in [-0.05, 0) is 24.0 Å². The highest BCUT2D eigenvalue weighted by molar-refractivity contribution is 5.37. The number of fused-ring (bicyclic) bond motifs is 1. The van der Waals surface area contributed by atoms with E-state index in [-0.39, 0.29) is 0 Å². The molecule has 1 nitrogen and oxygen atoms in total. The van der Waals surface area contributed by atoms with Gasteiger partial charge in [0.15, 0.2) is 0 Å². The van der Waals surface area contributed by atoms with Crippen molar-refractivity contribution in [2.75, 3.05) is 6.61 Å². The maximum absolute atomic E-state index is 5.49. The summed E-state index contributed by atoms with van der Waals surface area (Å²) in [7, 11) is 0. The van der Waals surface area contributed by atoms with Crippen molar-refractivity contribution in [2.45, 2.75) is 47.0 Å². The molecule has 1 aliphatic heterocycles. The molecule has 1 aromatic carbocycles. The third-order valence-electron chi connectivity index (χ3n) is 2.26. The Morgan fingerprint density at radius 3 is 2.27 bits per heavy atom. The molecule has 0 amide bonds. The molecule has 0 aromatic heterocycles. The van der Waals surface area contributed by atoms with Crippen molar-refractivity contribution in [1.29, 1.82) is 0 Å². The van der Waals surface area contributed by atoms with Crippen LogP contribution in [0.15, 0.2) is 24.3 Å². The fourth-order valence-electron chi connectivity index (χ4n) is 1.52. The zero-order chi connectivity index (χ0) is 11.7. The lowest BCUT2D eigenvalue weighted by atomic mass is 9.95. The summed E-state index contributed by atoms with van der Waals surface area (Å²) in [6, 6.07) is 8.30. The van der Waals surface area contributed by atoms with E-state index in [1.54, 1.807) is 0 Å². The van der Waals surface area contributed by atoms with Gasteiger partial charge < -0.3 is 4.74 Å². The van der Waals surface area contributed by atoms with Gasteiger partial charge in [-0.15, -0.1) is 0 Å². The van der Waals surface area contributed by atoms with Crippen LogP contribution in [0.4, 0.5) is 0 Å². The second-order valence-corrected chi connectivity index (χ2v) is 3.08. The standard InChI is InChI=1S/C10H12O.2C2H6/c1-8-6-7-11-10-5-3-2-4-9(8)10;2*1-2/h2-5,8H,6-7H2,1H3;2*1-2H3. The Labute approximate surface area is 94.5 Å². The molecule has 2 rings (SSSR count). The summed E-state index contributed by atoms with van der Waals surface area (Å²) in [5.41, 5.74) is 1.36. The second-order valence-electron chi connectivity index (χ2n) is 3.08. The molecule has 0 spiro atoms. The molecule has 1 atom stereocenters. The van der Waals surface area contributed by atoms with Gasteiger partial charge in [0.1, 0.15) is 5.75 Å². The molecule has 0 aliphatic carbocycles. The summed E-state index contributed by atoms with van der Waals surface area (Å²) in [5.74, 6) is 1.74. The fraction of sp³-hybridized carbons (Fsp3) is 0.571. The molecular formula is C14H24O. The Kier molecular flexibility index (Phi) is 7.79.